The van der Waals surface area contributed by atoms with Gasteiger partial charge in [-0.25, -0.2) is 4.79 Å². The molecule has 27 heavy (non-hydrogen) atoms. The first kappa shape index (κ1) is 20.8. The highest BCUT2D eigenvalue weighted by Gasteiger charge is 2.17. The summed E-state index contributed by atoms with van der Waals surface area (Å²) in [6.45, 7) is 7.79. The number of aryl methyl sites for hydroxylation is 1. The number of benzene rings is 2. The van der Waals surface area contributed by atoms with Crippen LogP contribution in [0.2, 0.25) is 5.02 Å². The molecule has 2 aromatic carbocycles. The van der Waals surface area contributed by atoms with Crippen molar-refractivity contribution in [3.8, 4) is 5.75 Å². The molecule has 0 radical (unpaired) electrons. The third-order valence-corrected chi connectivity index (χ3v) is 3.99. The van der Waals surface area contributed by atoms with Gasteiger partial charge in [-0.2, -0.15) is 0 Å². The average Bonchev–Trinajstić information content (AvgIpc) is 2.62. The van der Waals surface area contributed by atoms with E-state index in [-0.39, 0.29) is 11.8 Å². The first-order valence-electron chi connectivity index (χ1n) is 8.77. The monoisotopic (exact) mass is 389 g/mol. The van der Waals surface area contributed by atoms with E-state index in [1.807, 2.05) is 20.8 Å². The third kappa shape index (κ3) is 6.29. The Kier molecular flexibility index (Phi) is 7.25. The summed E-state index contributed by atoms with van der Waals surface area (Å²) < 4.78 is 10.7. The minimum absolute atomic E-state index is 0.239. The van der Waals surface area contributed by atoms with E-state index in [1.165, 1.54) is 0 Å². The lowest BCUT2D eigenvalue weighted by Crippen LogP contribution is -2.27. The Morgan fingerprint density at radius 1 is 1.07 bits per heavy atom. The normalized spacial score (nSPS) is 11.8. The first-order valence-corrected chi connectivity index (χ1v) is 9.15. The van der Waals surface area contributed by atoms with Crippen LogP contribution in [0, 0.1) is 12.8 Å². The van der Waals surface area contributed by atoms with Crippen LogP contribution in [0.5, 0.6) is 5.75 Å². The molecule has 144 valence electrons. The van der Waals surface area contributed by atoms with Crippen molar-refractivity contribution in [3.05, 3.63) is 58.6 Å². The van der Waals surface area contributed by atoms with Crippen LogP contribution < -0.4 is 10.1 Å². The van der Waals surface area contributed by atoms with Gasteiger partial charge in [-0.15, -0.1) is 0 Å². The second kappa shape index (κ2) is 9.42. The number of amides is 1. The van der Waals surface area contributed by atoms with Crippen molar-refractivity contribution in [1.82, 2.24) is 0 Å². The molecule has 1 amide bonds. The van der Waals surface area contributed by atoms with E-state index in [2.05, 4.69) is 5.32 Å². The van der Waals surface area contributed by atoms with Gasteiger partial charge < -0.3 is 14.8 Å². The molecule has 1 N–H and O–H groups in total. The van der Waals surface area contributed by atoms with Gasteiger partial charge in [0.1, 0.15) is 5.75 Å². The van der Waals surface area contributed by atoms with Gasteiger partial charge in [0.05, 0.1) is 6.61 Å². The average molecular weight is 390 g/mol. The maximum atomic E-state index is 12.4. The number of nitrogens with one attached hydrogen (secondary N) is 1. The van der Waals surface area contributed by atoms with E-state index in [0.717, 1.165) is 5.56 Å². The topological polar surface area (TPSA) is 64.6 Å². The van der Waals surface area contributed by atoms with Crippen molar-refractivity contribution in [2.75, 3.05) is 11.9 Å². The molecule has 0 aliphatic heterocycles. The van der Waals surface area contributed by atoms with Gasteiger partial charge in [-0.3, -0.25) is 4.79 Å². The smallest absolute Gasteiger partial charge is 0.347 e. The highest BCUT2D eigenvalue weighted by Crippen LogP contribution is 2.21. The Morgan fingerprint density at radius 2 is 1.74 bits per heavy atom. The number of hydrogen-bond donors (Lipinski definition) is 1. The molecule has 0 heterocycles. The van der Waals surface area contributed by atoms with Crippen LogP contribution in [0.25, 0.3) is 0 Å². The van der Waals surface area contributed by atoms with Crippen LogP contribution in [0.4, 0.5) is 5.69 Å². The molecule has 0 aliphatic carbocycles. The molecule has 0 aromatic heterocycles. The standard InChI is InChI=1S/C21H24ClNO4/c1-13(2)12-26-21(25)15(4)27-18-8-5-16(6-9-18)20(24)23-19-10-7-17(22)11-14(19)3/h5-11,13,15H,12H2,1-4H3,(H,23,24). The van der Waals surface area contributed by atoms with Crippen LogP contribution in [0.15, 0.2) is 42.5 Å². The Bertz CT molecular complexity index is 802. The quantitative estimate of drug-likeness (QED) is 0.686. The number of carbonyl (C=O) groups is 2. The van der Waals surface area contributed by atoms with Gasteiger partial charge in [0.25, 0.3) is 5.91 Å². The highest BCUT2D eigenvalue weighted by molar-refractivity contribution is 6.30. The van der Waals surface area contributed by atoms with E-state index in [9.17, 15) is 9.59 Å². The summed E-state index contributed by atoms with van der Waals surface area (Å²) in [4.78, 5) is 24.2. The van der Waals surface area contributed by atoms with E-state index < -0.39 is 12.1 Å². The maximum Gasteiger partial charge on any atom is 0.347 e. The summed E-state index contributed by atoms with van der Waals surface area (Å²) in [6.07, 6.45) is -0.722. The van der Waals surface area contributed by atoms with Gasteiger partial charge in [0.15, 0.2) is 6.10 Å². The molecule has 0 fully saturated rings. The molecule has 2 aromatic rings. The summed E-state index contributed by atoms with van der Waals surface area (Å²) in [5.41, 5.74) is 2.06. The Labute approximate surface area is 164 Å². The predicted molar refractivity (Wildman–Crippen MR) is 106 cm³/mol. The molecule has 1 atom stereocenters. The molecule has 6 heteroatoms. The Balaban J connectivity index is 1.95. The lowest BCUT2D eigenvalue weighted by Gasteiger charge is -2.15. The zero-order chi connectivity index (χ0) is 20.0. The summed E-state index contributed by atoms with van der Waals surface area (Å²) in [5, 5.41) is 3.47. The lowest BCUT2D eigenvalue weighted by molar-refractivity contribution is -0.152. The molecule has 0 saturated carbocycles. The highest BCUT2D eigenvalue weighted by atomic mass is 35.5. The number of rotatable bonds is 7. The Morgan fingerprint density at radius 3 is 2.33 bits per heavy atom. The number of halogens is 1. The van der Waals surface area contributed by atoms with E-state index in [4.69, 9.17) is 21.1 Å². The predicted octanol–water partition coefficient (Wildman–Crippen LogP) is 4.87. The number of carbonyl (C=O) groups excluding carboxylic acids is 2. The fourth-order valence-electron chi connectivity index (χ4n) is 2.27. The third-order valence-electron chi connectivity index (χ3n) is 3.76. The van der Waals surface area contributed by atoms with E-state index >= 15 is 0 Å². The minimum atomic E-state index is -0.722. The first-order chi connectivity index (χ1) is 12.8. The van der Waals surface area contributed by atoms with Crippen LogP contribution in [-0.4, -0.2) is 24.6 Å². The zero-order valence-corrected chi connectivity index (χ0v) is 16.7. The van der Waals surface area contributed by atoms with Crippen LogP contribution in [-0.2, 0) is 9.53 Å². The molecule has 2 rings (SSSR count). The summed E-state index contributed by atoms with van der Waals surface area (Å²) >= 11 is 5.93. The molecular weight excluding hydrogens is 366 g/mol. The summed E-state index contributed by atoms with van der Waals surface area (Å²) in [6, 6.07) is 11.8. The number of anilines is 1. The van der Waals surface area contributed by atoms with Gasteiger partial charge in [-0.05, 0) is 67.8 Å². The van der Waals surface area contributed by atoms with Crippen molar-refractivity contribution < 1.29 is 19.1 Å². The number of ether oxygens (including phenoxy) is 2. The van der Waals surface area contributed by atoms with Crippen molar-refractivity contribution in [3.63, 3.8) is 0 Å². The number of hydrogen-bond acceptors (Lipinski definition) is 4. The van der Waals surface area contributed by atoms with Crippen LogP contribution in [0.3, 0.4) is 0 Å². The fraction of sp³-hybridized carbons (Fsp3) is 0.333. The van der Waals surface area contributed by atoms with Crippen LogP contribution in [0.1, 0.15) is 36.7 Å². The van der Waals surface area contributed by atoms with E-state index in [1.54, 1.807) is 49.4 Å². The largest absolute Gasteiger partial charge is 0.479 e. The van der Waals surface area contributed by atoms with E-state index in [0.29, 0.717) is 28.6 Å². The summed E-state index contributed by atoms with van der Waals surface area (Å²) in [5.74, 6) is 0.103. The molecule has 5 nitrogen and oxygen atoms in total. The molecule has 0 bridgehead atoms. The second-order valence-corrected chi connectivity index (χ2v) is 7.16. The lowest BCUT2D eigenvalue weighted by atomic mass is 10.1. The molecule has 0 aliphatic rings. The zero-order valence-electron chi connectivity index (χ0n) is 15.9. The van der Waals surface area contributed by atoms with Gasteiger partial charge in [0, 0.05) is 16.3 Å². The molecule has 0 spiro atoms. The second-order valence-electron chi connectivity index (χ2n) is 6.72. The van der Waals surface area contributed by atoms with Crippen molar-refractivity contribution in [2.24, 2.45) is 5.92 Å². The van der Waals surface area contributed by atoms with Crippen molar-refractivity contribution in [1.29, 1.82) is 0 Å². The Hall–Kier alpha value is -2.53. The molecule has 1 unspecified atom stereocenters. The molecule has 0 saturated heterocycles. The van der Waals surface area contributed by atoms with Crippen molar-refractivity contribution in [2.45, 2.75) is 33.8 Å². The number of esters is 1. The van der Waals surface area contributed by atoms with Crippen LogP contribution >= 0.6 is 11.6 Å². The molecular formula is C21H24ClNO4. The van der Waals surface area contributed by atoms with Gasteiger partial charge >= 0.3 is 5.97 Å². The van der Waals surface area contributed by atoms with Gasteiger partial charge in [0.2, 0.25) is 0 Å². The maximum absolute atomic E-state index is 12.4. The van der Waals surface area contributed by atoms with Gasteiger partial charge in [-0.1, -0.05) is 25.4 Å². The SMILES string of the molecule is Cc1cc(Cl)ccc1NC(=O)c1ccc(OC(C)C(=O)OCC(C)C)cc1. The minimum Gasteiger partial charge on any atom is -0.479 e. The summed E-state index contributed by atoms with van der Waals surface area (Å²) in [7, 11) is 0. The fourth-order valence-corrected chi connectivity index (χ4v) is 2.49. The van der Waals surface area contributed by atoms with Crippen molar-refractivity contribution >= 4 is 29.2 Å².